The van der Waals surface area contributed by atoms with Crippen molar-refractivity contribution in [1.82, 2.24) is 4.90 Å². The van der Waals surface area contributed by atoms with Crippen LogP contribution >= 0.6 is 24.0 Å². The largest absolute Gasteiger partial charge is 0.493 e. The smallest absolute Gasteiger partial charge is 0.266 e. The van der Waals surface area contributed by atoms with E-state index in [2.05, 4.69) is 26.0 Å². The van der Waals surface area contributed by atoms with Crippen molar-refractivity contribution in [2.45, 2.75) is 26.2 Å². The molecule has 0 radical (unpaired) electrons. The molecule has 2 aromatic carbocycles. The van der Waals surface area contributed by atoms with Crippen LogP contribution in [0.15, 0.2) is 47.4 Å². The fourth-order valence-corrected chi connectivity index (χ4v) is 4.41. The van der Waals surface area contributed by atoms with Gasteiger partial charge in [0.15, 0.2) is 11.5 Å². The summed E-state index contributed by atoms with van der Waals surface area (Å²) in [6.45, 7) is 4.86. The number of hydrogen-bond acceptors (Lipinski definition) is 5. The second-order valence-corrected chi connectivity index (χ2v) is 8.77. The van der Waals surface area contributed by atoms with E-state index in [4.69, 9.17) is 21.7 Å². The third-order valence-corrected chi connectivity index (χ3v) is 6.22. The predicted molar refractivity (Wildman–Crippen MR) is 124 cm³/mol. The van der Waals surface area contributed by atoms with Gasteiger partial charge in [0.05, 0.1) is 19.1 Å². The van der Waals surface area contributed by atoms with E-state index in [1.165, 1.54) is 17.3 Å². The molecule has 0 N–H and O–H groups in total. The highest BCUT2D eigenvalue weighted by Crippen LogP contribution is 2.33. The number of carbonyl (C=O) groups is 1. The second-order valence-electron chi connectivity index (χ2n) is 7.09. The molecular formula is C23H25NO3S2. The summed E-state index contributed by atoms with van der Waals surface area (Å²) < 4.78 is 11.2. The molecule has 4 nitrogen and oxygen atoms in total. The molecule has 1 aliphatic rings. The third-order valence-electron chi connectivity index (χ3n) is 4.85. The average molecular weight is 428 g/mol. The van der Waals surface area contributed by atoms with Gasteiger partial charge < -0.3 is 9.47 Å². The van der Waals surface area contributed by atoms with Crippen LogP contribution in [-0.2, 0) is 11.2 Å². The number of ether oxygens (including phenoxy) is 2. The molecule has 0 atom stereocenters. The van der Waals surface area contributed by atoms with E-state index in [0.29, 0.717) is 39.6 Å². The molecule has 1 saturated heterocycles. The highest BCUT2D eigenvalue weighted by atomic mass is 32.2. The third kappa shape index (κ3) is 5.00. The van der Waals surface area contributed by atoms with Crippen molar-refractivity contribution in [2.24, 2.45) is 0 Å². The zero-order valence-corrected chi connectivity index (χ0v) is 18.7. The molecule has 1 heterocycles. The Kier molecular flexibility index (Phi) is 6.98. The van der Waals surface area contributed by atoms with Crippen molar-refractivity contribution in [3.63, 3.8) is 0 Å². The molecule has 29 heavy (non-hydrogen) atoms. The minimum absolute atomic E-state index is 0.0339. The summed E-state index contributed by atoms with van der Waals surface area (Å²) >= 11 is 6.81. The predicted octanol–water partition coefficient (Wildman–Crippen LogP) is 5.27. The summed E-state index contributed by atoms with van der Waals surface area (Å²) in [4.78, 5) is 15.2. The maximum atomic E-state index is 12.8. The number of rotatable bonds is 7. The lowest BCUT2D eigenvalue weighted by Crippen LogP contribution is -2.30. The van der Waals surface area contributed by atoms with E-state index in [9.17, 15) is 4.79 Å². The molecule has 6 heteroatoms. The molecule has 2 aromatic rings. The Labute approximate surface area is 181 Å². The number of thioether (sulfide) groups is 1. The van der Waals surface area contributed by atoms with Gasteiger partial charge in [-0.2, -0.15) is 0 Å². The fourth-order valence-electron chi connectivity index (χ4n) is 3.10. The second kappa shape index (κ2) is 9.46. The number of nitrogens with zero attached hydrogens (tertiary/aromatic N) is 1. The molecule has 0 bridgehead atoms. The maximum Gasteiger partial charge on any atom is 0.266 e. The summed E-state index contributed by atoms with van der Waals surface area (Å²) in [6.07, 6.45) is 2.60. The summed E-state index contributed by atoms with van der Waals surface area (Å²) in [6, 6.07) is 14.1. The molecule has 0 unspecified atom stereocenters. The van der Waals surface area contributed by atoms with Gasteiger partial charge >= 0.3 is 0 Å². The van der Waals surface area contributed by atoms with Gasteiger partial charge in [-0.1, -0.05) is 68.2 Å². The first-order valence-electron chi connectivity index (χ1n) is 9.49. The lowest BCUT2D eigenvalue weighted by molar-refractivity contribution is -0.122. The van der Waals surface area contributed by atoms with Gasteiger partial charge in [-0.3, -0.25) is 9.69 Å². The van der Waals surface area contributed by atoms with E-state index in [1.807, 2.05) is 36.4 Å². The summed E-state index contributed by atoms with van der Waals surface area (Å²) in [5.41, 5.74) is 3.35. The number of thiocarbonyl (C=S) groups is 1. The lowest BCUT2D eigenvalue weighted by Gasteiger charge is -2.15. The van der Waals surface area contributed by atoms with Crippen LogP contribution in [0.25, 0.3) is 6.08 Å². The van der Waals surface area contributed by atoms with Crippen molar-refractivity contribution < 1.29 is 14.3 Å². The van der Waals surface area contributed by atoms with Crippen molar-refractivity contribution in [3.8, 4) is 11.5 Å². The SMILES string of the molecule is COc1ccc(CCN2C(=O)/C(=C/c3ccc(C(C)C)cc3)SC2=S)cc1OC. The number of hydrogen-bond donors (Lipinski definition) is 0. The number of carbonyl (C=O) groups excluding carboxylic acids is 1. The molecule has 1 amide bonds. The van der Waals surface area contributed by atoms with Crippen molar-refractivity contribution in [1.29, 1.82) is 0 Å². The Morgan fingerprint density at radius 1 is 1.07 bits per heavy atom. The molecule has 3 rings (SSSR count). The van der Waals surface area contributed by atoms with Gasteiger partial charge in [-0.15, -0.1) is 0 Å². The van der Waals surface area contributed by atoms with E-state index < -0.39 is 0 Å². The highest BCUT2D eigenvalue weighted by Gasteiger charge is 2.31. The number of amides is 1. The molecule has 1 aliphatic heterocycles. The Bertz CT molecular complexity index is 936. The van der Waals surface area contributed by atoms with Gasteiger partial charge in [0.1, 0.15) is 4.32 Å². The molecule has 152 valence electrons. The van der Waals surface area contributed by atoms with Crippen LogP contribution in [0.5, 0.6) is 11.5 Å². The van der Waals surface area contributed by atoms with Crippen LogP contribution < -0.4 is 9.47 Å². The zero-order chi connectivity index (χ0) is 21.0. The fraction of sp³-hybridized carbons (Fsp3) is 0.304. The van der Waals surface area contributed by atoms with Gasteiger partial charge in [-0.25, -0.2) is 0 Å². The minimum atomic E-state index is -0.0339. The Hall–Kier alpha value is -2.31. The summed E-state index contributed by atoms with van der Waals surface area (Å²) in [5, 5.41) is 0. The minimum Gasteiger partial charge on any atom is -0.493 e. The topological polar surface area (TPSA) is 38.8 Å². The highest BCUT2D eigenvalue weighted by molar-refractivity contribution is 8.26. The van der Waals surface area contributed by atoms with Gasteiger partial charge in [0.2, 0.25) is 0 Å². The van der Waals surface area contributed by atoms with Crippen LogP contribution in [0.2, 0.25) is 0 Å². The van der Waals surface area contributed by atoms with E-state index in [0.717, 1.165) is 11.1 Å². The van der Waals surface area contributed by atoms with Gasteiger partial charge in [0.25, 0.3) is 5.91 Å². The first-order valence-corrected chi connectivity index (χ1v) is 10.7. The van der Waals surface area contributed by atoms with Crippen molar-refractivity contribution in [2.75, 3.05) is 20.8 Å². The van der Waals surface area contributed by atoms with Crippen LogP contribution in [0.3, 0.4) is 0 Å². The Balaban J connectivity index is 1.69. The molecule has 0 aromatic heterocycles. The number of methoxy groups -OCH3 is 2. The van der Waals surface area contributed by atoms with Crippen LogP contribution in [0.4, 0.5) is 0 Å². The van der Waals surface area contributed by atoms with Gasteiger partial charge in [0, 0.05) is 6.54 Å². The molecule has 1 fully saturated rings. The first-order chi connectivity index (χ1) is 13.9. The Morgan fingerprint density at radius 2 is 1.76 bits per heavy atom. The first kappa shape index (κ1) is 21.4. The standard InChI is InChI=1S/C23H25NO3S2/c1-15(2)18-8-5-16(6-9-18)14-21-22(25)24(23(28)29-21)12-11-17-7-10-19(26-3)20(13-17)27-4/h5-10,13-15H,11-12H2,1-4H3/b21-14-. The zero-order valence-electron chi connectivity index (χ0n) is 17.1. The quantitative estimate of drug-likeness (QED) is 0.444. The average Bonchev–Trinajstić information content (AvgIpc) is 2.99. The normalized spacial score (nSPS) is 15.5. The van der Waals surface area contributed by atoms with E-state index in [1.54, 1.807) is 19.1 Å². The van der Waals surface area contributed by atoms with Crippen LogP contribution in [0.1, 0.15) is 36.5 Å². The molecular weight excluding hydrogens is 402 g/mol. The number of benzene rings is 2. The van der Waals surface area contributed by atoms with Crippen LogP contribution in [0, 0.1) is 0 Å². The molecule has 0 saturated carbocycles. The van der Waals surface area contributed by atoms with E-state index in [-0.39, 0.29) is 5.91 Å². The van der Waals surface area contributed by atoms with Crippen molar-refractivity contribution >= 4 is 40.3 Å². The molecule has 0 spiro atoms. The van der Waals surface area contributed by atoms with Gasteiger partial charge in [-0.05, 0) is 47.2 Å². The van der Waals surface area contributed by atoms with Crippen LogP contribution in [-0.4, -0.2) is 35.9 Å². The maximum absolute atomic E-state index is 12.8. The lowest BCUT2D eigenvalue weighted by atomic mass is 10.0. The van der Waals surface area contributed by atoms with E-state index >= 15 is 0 Å². The Morgan fingerprint density at radius 3 is 2.38 bits per heavy atom. The van der Waals surface area contributed by atoms with Crippen molar-refractivity contribution in [3.05, 3.63) is 64.1 Å². The monoisotopic (exact) mass is 427 g/mol. The summed E-state index contributed by atoms with van der Waals surface area (Å²) in [7, 11) is 3.22. The molecule has 0 aliphatic carbocycles. The summed E-state index contributed by atoms with van der Waals surface area (Å²) in [5.74, 6) is 1.82.